The Bertz CT molecular complexity index is 128. The summed E-state index contributed by atoms with van der Waals surface area (Å²) in [5.41, 5.74) is 0. The Balaban J connectivity index is 2.28. The van der Waals surface area contributed by atoms with Crippen LogP contribution in [0.3, 0.4) is 0 Å². The molecule has 0 aliphatic carbocycles. The molecular weight excluding hydrogens is 160 g/mol. The molecular formula is C8H16O4. The quantitative estimate of drug-likeness (QED) is 0.629. The zero-order valence-corrected chi connectivity index (χ0v) is 7.27. The lowest BCUT2D eigenvalue weighted by Gasteiger charge is -2.32. The van der Waals surface area contributed by atoms with E-state index >= 15 is 0 Å². The molecule has 0 amide bonds. The average Bonchev–Trinajstić information content (AvgIpc) is 2.07. The van der Waals surface area contributed by atoms with Crippen molar-refractivity contribution >= 4 is 0 Å². The summed E-state index contributed by atoms with van der Waals surface area (Å²) in [6.45, 7) is 2.27. The van der Waals surface area contributed by atoms with Crippen molar-refractivity contribution in [2.24, 2.45) is 0 Å². The normalized spacial score (nSPS) is 36.8. The van der Waals surface area contributed by atoms with Gasteiger partial charge in [0.15, 0.2) is 6.29 Å². The first-order valence-corrected chi connectivity index (χ1v) is 4.30. The molecule has 1 rings (SSSR count). The Morgan fingerprint density at radius 2 is 2.25 bits per heavy atom. The number of rotatable bonds is 3. The van der Waals surface area contributed by atoms with E-state index in [0.29, 0.717) is 19.4 Å². The van der Waals surface area contributed by atoms with Crippen molar-refractivity contribution in [2.45, 2.75) is 38.3 Å². The standard InChI is InChI=1S/C8H16O4/c1-6-11-5-7(10)8(12-6)3-2-4-9/h6-10H,2-5H2,1H3/t6-,7?,8?/m1/s1. The first-order chi connectivity index (χ1) is 5.74. The largest absolute Gasteiger partial charge is 0.396 e. The second kappa shape index (κ2) is 4.77. The summed E-state index contributed by atoms with van der Waals surface area (Å²) in [5, 5.41) is 18.0. The fourth-order valence-corrected chi connectivity index (χ4v) is 1.27. The Hall–Kier alpha value is -0.160. The SMILES string of the molecule is C[C@@H]1OCC(O)C(CCCO)O1. The highest BCUT2D eigenvalue weighted by atomic mass is 16.7. The fourth-order valence-electron chi connectivity index (χ4n) is 1.27. The van der Waals surface area contributed by atoms with E-state index < -0.39 is 6.10 Å². The summed E-state index contributed by atoms with van der Waals surface area (Å²) >= 11 is 0. The maximum absolute atomic E-state index is 9.38. The van der Waals surface area contributed by atoms with Gasteiger partial charge in [-0.05, 0) is 19.8 Å². The molecule has 4 heteroatoms. The van der Waals surface area contributed by atoms with Gasteiger partial charge in [-0.2, -0.15) is 0 Å². The Labute approximate surface area is 72.1 Å². The molecule has 0 aromatic carbocycles. The van der Waals surface area contributed by atoms with Crippen molar-refractivity contribution < 1.29 is 19.7 Å². The summed E-state index contributed by atoms with van der Waals surface area (Å²) in [4.78, 5) is 0. The van der Waals surface area contributed by atoms with Crippen molar-refractivity contribution in [2.75, 3.05) is 13.2 Å². The summed E-state index contributed by atoms with van der Waals surface area (Å²) in [7, 11) is 0. The van der Waals surface area contributed by atoms with Crippen LogP contribution in [-0.4, -0.2) is 41.9 Å². The zero-order valence-electron chi connectivity index (χ0n) is 7.27. The van der Waals surface area contributed by atoms with Crippen molar-refractivity contribution in [1.29, 1.82) is 0 Å². The molecule has 0 saturated carbocycles. The molecule has 0 spiro atoms. The van der Waals surface area contributed by atoms with E-state index in [2.05, 4.69) is 0 Å². The molecule has 0 radical (unpaired) electrons. The van der Waals surface area contributed by atoms with E-state index in [0.717, 1.165) is 0 Å². The van der Waals surface area contributed by atoms with Crippen LogP contribution in [0.4, 0.5) is 0 Å². The van der Waals surface area contributed by atoms with E-state index in [1.807, 2.05) is 0 Å². The van der Waals surface area contributed by atoms with E-state index in [1.54, 1.807) is 6.92 Å². The van der Waals surface area contributed by atoms with Gasteiger partial charge in [-0.3, -0.25) is 0 Å². The van der Waals surface area contributed by atoms with Gasteiger partial charge in [0.2, 0.25) is 0 Å². The van der Waals surface area contributed by atoms with Gasteiger partial charge in [-0.25, -0.2) is 0 Å². The zero-order chi connectivity index (χ0) is 8.97. The predicted molar refractivity (Wildman–Crippen MR) is 42.6 cm³/mol. The van der Waals surface area contributed by atoms with Crippen LogP contribution in [0.15, 0.2) is 0 Å². The van der Waals surface area contributed by atoms with Gasteiger partial charge in [0, 0.05) is 6.61 Å². The van der Waals surface area contributed by atoms with E-state index in [1.165, 1.54) is 0 Å². The summed E-state index contributed by atoms with van der Waals surface area (Å²) < 4.78 is 10.4. The highest BCUT2D eigenvalue weighted by Gasteiger charge is 2.27. The topological polar surface area (TPSA) is 58.9 Å². The van der Waals surface area contributed by atoms with Crippen LogP contribution < -0.4 is 0 Å². The van der Waals surface area contributed by atoms with Crippen LogP contribution in [-0.2, 0) is 9.47 Å². The molecule has 4 nitrogen and oxygen atoms in total. The van der Waals surface area contributed by atoms with Gasteiger partial charge in [-0.15, -0.1) is 0 Å². The number of ether oxygens (including phenoxy) is 2. The molecule has 1 heterocycles. The highest BCUT2D eigenvalue weighted by Crippen LogP contribution is 2.16. The lowest BCUT2D eigenvalue weighted by Crippen LogP contribution is -2.42. The fraction of sp³-hybridized carbons (Fsp3) is 1.00. The highest BCUT2D eigenvalue weighted by molar-refractivity contribution is 4.72. The summed E-state index contributed by atoms with van der Waals surface area (Å²) in [5.74, 6) is 0. The Morgan fingerprint density at radius 1 is 1.50 bits per heavy atom. The van der Waals surface area contributed by atoms with Crippen molar-refractivity contribution in [3.63, 3.8) is 0 Å². The monoisotopic (exact) mass is 176 g/mol. The second-order valence-corrected chi connectivity index (χ2v) is 3.01. The van der Waals surface area contributed by atoms with Gasteiger partial charge in [0.1, 0.15) is 6.10 Å². The molecule has 12 heavy (non-hydrogen) atoms. The maximum atomic E-state index is 9.38. The van der Waals surface area contributed by atoms with E-state index in [9.17, 15) is 5.11 Å². The smallest absolute Gasteiger partial charge is 0.155 e. The lowest BCUT2D eigenvalue weighted by atomic mass is 10.1. The minimum absolute atomic E-state index is 0.141. The molecule has 2 N–H and O–H groups in total. The minimum Gasteiger partial charge on any atom is -0.396 e. The van der Waals surface area contributed by atoms with Crippen LogP contribution in [0.5, 0.6) is 0 Å². The van der Waals surface area contributed by atoms with Gasteiger partial charge < -0.3 is 19.7 Å². The van der Waals surface area contributed by atoms with E-state index in [4.69, 9.17) is 14.6 Å². The molecule has 0 aromatic rings. The van der Waals surface area contributed by atoms with Crippen LogP contribution in [0.2, 0.25) is 0 Å². The molecule has 1 saturated heterocycles. The summed E-state index contributed by atoms with van der Waals surface area (Å²) in [6.07, 6.45) is 0.380. The summed E-state index contributed by atoms with van der Waals surface area (Å²) in [6, 6.07) is 0. The molecule has 1 aliphatic rings. The third-order valence-corrected chi connectivity index (χ3v) is 1.94. The predicted octanol–water partition coefficient (Wildman–Crippen LogP) is -0.119. The third-order valence-electron chi connectivity index (χ3n) is 1.94. The van der Waals surface area contributed by atoms with Crippen molar-refractivity contribution in [3.05, 3.63) is 0 Å². The average molecular weight is 176 g/mol. The molecule has 1 fully saturated rings. The third kappa shape index (κ3) is 2.71. The first kappa shape index (κ1) is 9.92. The number of hydrogen-bond acceptors (Lipinski definition) is 4. The molecule has 0 aromatic heterocycles. The van der Waals surface area contributed by atoms with E-state index in [-0.39, 0.29) is 19.0 Å². The second-order valence-electron chi connectivity index (χ2n) is 3.01. The number of aliphatic hydroxyl groups excluding tert-OH is 2. The number of aliphatic hydroxyl groups is 2. The van der Waals surface area contributed by atoms with Gasteiger partial charge in [0.05, 0.1) is 12.7 Å². The van der Waals surface area contributed by atoms with Crippen LogP contribution in [0.25, 0.3) is 0 Å². The van der Waals surface area contributed by atoms with Crippen LogP contribution >= 0.6 is 0 Å². The minimum atomic E-state index is -0.548. The Kier molecular flexibility index (Phi) is 3.94. The Morgan fingerprint density at radius 3 is 2.92 bits per heavy atom. The van der Waals surface area contributed by atoms with Crippen molar-refractivity contribution in [3.8, 4) is 0 Å². The molecule has 0 bridgehead atoms. The van der Waals surface area contributed by atoms with Gasteiger partial charge in [-0.1, -0.05) is 0 Å². The van der Waals surface area contributed by atoms with Gasteiger partial charge >= 0.3 is 0 Å². The van der Waals surface area contributed by atoms with Crippen LogP contribution in [0, 0.1) is 0 Å². The van der Waals surface area contributed by atoms with Crippen molar-refractivity contribution in [1.82, 2.24) is 0 Å². The lowest BCUT2D eigenvalue weighted by molar-refractivity contribution is -0.245. The van der Waals surface area contributed by atoms with Crippen LogP contribution in [0.1, 0.15) is 19.8 Å². The van der Waals surface area contributed by atoms with Gasteiger partial charge in [0.25, 0.3) is 0 Å². The number of hydrogen-bond donors (Lipinski definition) is 2. The molecule has 3 atom stereocenters. The maximum Gasteiger partial charge on any atom is 0.155 e. The molecule has 1 aliphatic heterocycles. The first-order valence-electron chi connectivity index (χ1n) is 4.30. The molecule has 72 valence electrons. The molecule has 2 unspecified atom stereocenters.